The van der Waals surface area contributed by atoms with E-state index in [4.69, 9.17) is 9.47 Å². The molecule has 0 unspecified atom stereocenters. The van der Waals surface area contributed by atoms with Gasteiger partial charge < -0.3 is 24.6 Å². The van der Waals surface area contributed by atoms with Crippen LogP contribution in [0.3, 0.4) is 0 Å². The fraction of sp³-hybridized carbons (Fsp3) is 0.269. The third-order valence-corrected chi connectivity index (χ3v) is 5.61. The highest BCUT2D eigenvalue weighted by Gasteiger charge is 2.24. The topological polar surface area (TPSA) is 84.0 Å². The molecule has 1 amide bonds. The van der Waals surface area contributed by atoms with Gasteiger partial charge in [-0.1, -0.05) is 12.1 Å². The summed E-state index contributed by atoms with van der Waals surface area (Å²) in [4.78, 5) is 33.1. The summed E-state index contributed by atoms with van der Waals surface area (Å²) in [6.45, 7) is 3.94. The molecule has 1 N–H and O–H groups in total. The molecule has 1 aromatic heterocycles. The lowest BCUT2D eigenvalue weighted by Crippen LogP contribution is -2.50. The number of anilines is 3. The standard InChI is InChI=1S/C26H27FN4O4/c1-2-34-20-11-9-19(10-12-20)29-25-21(6-5-13-28-25)26(33)35-18-24(32)31-16-14-30(15-17-31)23-8-4-3-7-22(23)27/h3-13H,2,14-18H2,1H3,(H,28,29). The molecule has 0 radical (unpaired) electrons. The van der Waals surface area contributed by atoms with Crippen LogP contribution >= 0.6 is 0 Å². The van der Waals surface area contributed by atoms with Crippen molar-refractivity contribution in [3.05, 3.63) is 78.2 Å². The Morgan fingerprint density at radius 1 is 1.00 bits per heavy atom. The molecular weight excluding hydrogens is 451 g/mol. The highest BCUT2D eigenvalue weighted by molar-refractivity contribution is 5.96. The van der Waals surface area contributed by atoms with Gasteiger partial charge >= 0.3 is 5.97 Å². The molecule has 9 heteroatoms. The number of pyridine rings is 1. The van der Waals surface area contributed by atoms with Crippen molar-refractivity contribution in [3.63, 3.8) is 0 Å². The number of aromatic nitrogens is 1. The van der Waals surface area contributed by atoms with Crippen LogP contribution in [0.1, 0.15) is 17.3 Å². The number of benzene rings is 2. The molecule has 1 aliphatic rings. The van der Waals surface area contributed by atoms with Gasteiger partial charge in [0.15, 0.2) is 6.61 Å². The summed E-state index contributed by atoms with van der Waals surface area (Å²) in [7, 11) is 0. The maximum atomic E-state index is 14.0. The molecule has 8 nitrogen and oxygen atoms in total. The quantitative estimate of drug-likeness (QED) is 0.492. The van der Waals surface area contributed by atoms with Gasteiger partial charge in [-0.3, -0.25) is 4.79 Å². The predicted molar refractivity (Wildman–Crippen MR) is 131 cm³/mol. The van der Waals surface area contributed by atoms with E-state index < -0.39 is 5.97 Å². The number of nitrogens with one attached hydrogen (secondary N) is 1. The zero-order valence-electron chi connectivity index (χ0n) is 19.4. The van der Waals surface area contributed by atoms with Crippen LogP contribution in [-0.4, -0.2) is 61.2 Å². The highest BCUT2D eigenvalue weighted by atomic mass is 19.1. The number of para-hydroxylation sites is 1. The van der Waals surface area contributed by atoms with E-state index in [1.54, 1.807) is 41.4 Å². The number of nitrogens with zero attached hydrogens (tertiary/aromatic N) is 3. The SMILES string of the molecule is CCOc1ccc(Nc2ncccc2C(=O)OCC(=O)N2CCN(c3ccccc3F)CC2)cc1. The van der Waals surface area contributed by atoms with E-state index in [-0.39, 0.29) is 23.9 Å². The molecule has 0 atom stereocenters. The van der Waals surface area contributed by atoms with Gasteiger partial charge in [0.1, 0.15) is 22.9 Å². The molecule has 0 spiro atoms. The Balaban J connectivity index is 1.31. The van der Waals surface area contributed by atoms with Crippen LogP contribution in [0.4, 0.5) is 21.6 Å². The Morgan fingerprint density at radius 3 is 2.46 bits per heavy atom. The Kier molecular flexibility index (Phi) is 7.77. The van der Waals surface area contributed by atoms with Crippen molar-refractivity contribution in [2.24, 2.45) is 0 Å². The van der Waals surface area contributed by atoms with Gasteiger partial charge in [0, 0.05) is 38.1 Å². The third kappa shape index (κ3) is 6.06. The average Bonchev–Trinajstić information content (AvgIpc) is 2.89. The summed E-state index contributed by atoms with van der Waals surface area (Å²) in [6, 6.07) is 17.1. The molecule has 3 aromatic rings. The van der Waals surface area contributed by atoms with E-state index >= 15 is 0 Å². The van der Waals surface area contributed by atoms with E-state index in [9.17, 15) is 14.0 Å². The number of halogens is 1. The summed E-state index contributed by atoms with van der Waals surface area (Å²) < 4.78 is 24.8. The summed E-state index contributed by atoms with van der Waals surface area (Å²) in [5.74, 6) is -0.159. The number of ether oxygens (including phenoxy) is 2. The first-order valence-corrected chi connectivity index (χ1v) is 11.4. The summed E-state index contributed by atoms with van der Waals surface area (Å²) >= 11 is 0. The second-order valence-electron chi connectivity index (χ2n) is 7.88. The minimum Gasteiger partial charge on any atom is -0.494 e. The fourth-order valence-corrected chi connectivity index (χ4v) is 3.81. The van der Waals surface area contributed by atoms with E-state index in [0.717, 1.165) is 11.4 Å². The number of amides is 1. The minimum absolute atomic E-state index is 0.221. The van der Waals surface area contributed by atoms with E-state index in [2.05, 4.69) is 10.3 Å². The van der Waals surface area contributed by atoms with Crippen molar-refractivity contribution in [1.82, 2.24) is 9.88 Å². The van der Waals surface area contributed by atoms with Crippen LogP contribution in [0.15, 0.2) is 66.9 Å². The van der Waals surface area contributed by atoms with Gasteiger partial charge in [-0.2, -0.15) is 0 Å². The van der Waals surface area contributed by atoms with Gasteiger partial charge in [0.25, 0.3) is 5.91 Å². The molecule has 1 saturated heterocycles. The molecule has 4 rings (SSSR count). The average molecular weight is 479 g/mol. The van der Waals surface area contributed by atoms with Crippen molar-refractivity contribution in [2.45, 2.75) is 6.92 Å². The highest BCUT2D eigenvalue weighted by Crippen LogP contribution is 2.22. The normalized spacial score (nSPS) is 13.3. The smallest absolute Gasteiger partial charge is 0.342 e. The Bertz CT molecular complexity index is 1160. The van der Waals surface area contributed by atoms with Crippen molar-refractivity contribution in [3.8, 4) is 5.75 Å². The van der Waals surface area contributed by atoms with Gasteiger partial charge in [0.05, 0.1) is 12.3 Å². The van der Waals surface area contributed by atoms with Crippen LogP contribution in [-0.2, 0) is 9.53 Å². The Hall–Kier alpha value is -4.14. The first-order chi connectivity index (χ1) is 17.0. The maximum Gasteiger partial charge on any atom is 0.342 e. The first-order valence-electron chi connectivity index (χ1n) is 11.4. The summed E-state index contributed by atoms with van der Waals surface area (Å²) in [6.07, 6.45) is 1.56. The van der Waals surface area contributed by atoms with Crippen LogP contribution in [0, 0.1) is 5.82 Å². The molecule has 182 valence electrons. The van der Waals surface area contributed by atoms with Gasteiger partial charge in [-0.05, 0) is 55.5 Å². The van der Waals surface area contributed by atoms with Gasteiger partial charge in [-0.25, -0.2) is 14.2 Å². The Morgan fingerprint density at radius 2 is 1.74 bits per heavy atom. The number of carbonyl (C=O) groups is 2. The third-order valence-electron chi connectivity index (χ3n) is 5.61. The predicted octanol–water partition coefficient (Wildman–Crippen LogP) is 3.87. The van der Waals surface area contributed by atoms with Crippen LogP contribution in [0.2, 0.25) is 0 Å². The second kappa shape index (κ2) is 11.3. The lowest BCUT2D eigenvalue weighted by molar-refractivity contribution is -0.134. The molecule has 1 aliphatic heterocycles. The molecule has 2 heterocycles. The number of hydrogen-bond donors (Lipinski definition) is 1. The number of hydrogen-bond acceptors (Lipinski definition) is 7. The van der Waals surface area contributed by atoms with Crippen LogP contribution in [0.5, 0.6) is 5.75 Å². The van der Waals surface area contributed by atoms with E-state index in [0.29, 0.717) is 44.3 Å². The molecular formula is C26H27FN4O4. The minimum atomic E-state index is -0.648. The van der Waals surface area contributed by atoms with Gasteiger partial charge in [-0.15, -0.1) is 0 Å². The molecule has 1 fully saturated rings. The number of piperazine rings is 1. The molecule has 0 aliphatic carbocycles. The van der Waals surface area contributed by atoms with Crippen molar-refractivity contribution in [1.29, 1.82) is 0 Å². The molecule has 0 saturated carbocycles. The van der Waals surface area contributed by atoms with Crippen LogP contribution < -0.4 is 15.0 Å². The zero-order chi connectivity index (χ0) is 24.6. The van der Waals surface area contributed by atoms with Crippen molar-refractivity contribution < 1.29 is 23.5 Å². The van der Waals surface area contributed by atoms with Crippen molar-refractivity contribution in [2.75, 3.05) is 49.6 Å². The summed E-state index contributed by atoms with van der Waals surface area (Å²) in [5, 5.41) is 3.10. The van der Waals surface area contributed by atoms with E-state index in [1.165, 1.54) is 6.07 Å². The number of rotatable bonds is 8. The molecule has 0 bridgehead atoms. The lowest BCUT2D eigenvalue weighted by atomic mass is 10.2. The summed E-state index contributed by atoms with van der Waals surface area (Å²) in [5.41, 5.74) is 1.47. The monoisotopic (exact) mass is 478 g/mol. The maximum absolute atomic E-state index is 14.0. The number of esters is 1. The van der Waals surface area contributed by atoms with E-state index in [1.807, 2.05) is 36.1 Å². The fourth-order valence-electron chi connectivity index (χ4n) is 3.81. The Labute approximate surface area is 203 Å². The number of carbonyl (C=O) groups excluding carboxylic acids is 2. The molecule has 2 aromatic carbocycles. The lowest BCUT2D eigenvalue weighted by Gasteiger charge is -2.36. The molecule has 35 heavy (non-hydrogen) atoms. The largest absolute Gasteiger partial charge is 0.494 e. The van der Waals surface area contributed by atoms with Crippen molar-refractivity contribution >= 4 is 29.1 Å². The van der Waals surface area contributed by atoms with Gasteiger partial charge in [0.2, 0.25) is 0 Å². The zero-order valence-corrected chi connectivity index (χ0v) is 19.4. The van der Waals surface area contributed by atoms with Crippen LogP contribution in [0.25, 0.3) is 0 Å². The second-order valence-corrected chi connectivity index (χ2v) is 7.88. The first kappa shape index (κ1) is 24.0.